The van der Waals surface area contributed by atoms with E-state index in [2.05, 4.69) is 10.9 Å². The minimum Gasteiger partial charge on any atom is -0.446 e. The van der Waals surface area contributed by atoms with Crippen molar-refractivity contribution in [3.8, 4) is 0 Å². The molecule has 4 heteroatoms. The molecule has 0 atom stereocenters. The van der Waals surface area contributed by atoms with Crippen LogP contribution in [0.25, 0.3) is 0 Å². The van der Waals surface area contributed by atoms with Gasteiger partial charge in [0.15, 0.2) is 0 Å². The summed E-state index contributed by atoms with van der Waals surface area (Å²) in [5.41, 5.74) is 6.16. The zero-order valence-electron chi connectivity index (χ0n) is 8.68. The summed E-state index contributed by atoms with van der Waals surface area (Å²) in [5, 5.41) is 0. The molecule has 0 bridgehead atoms. The highest BCUT2D eigenvalue weighted by atomic mass is 16.6. The van der Waals surface area contributed by atoms with Gasteiger partial charge in [-0.05, 0) is 27.2 Å². The van der Waals surface area contributed by atoms with Gasteiger partial charge in [0, 0.05) is 5.70 Å². The van der Waals surface area contributed by atoms with Crippen LogP contribution in [0.15, 0.2) is 11.8 Å². The minimum atomic E-state index is -0.456. The smallest absolute Gasteiger partial charge is 0.426 e. The van der Waals surface area contributed by atoms with Crippen molar-refractivity contribution in [3.05, 3.63) is 11.8 Å². The van der Waals surface area contributed by atoms with Gasteiger partial charge in [0.1, 0.15) is 0 Å². The SMILES string of the molecule is C/C=C(/CC)NNC(=O)OC(C)C. The van der Waals surface area contributed by atoms with Gasteiger partial charge in [0.05, 0.1) is 6.10 Å². The highest BCUT2D eigenvalue weighted by Gasteiger charge is 2.03. The van der Waals surface area contributed by atoms with Crippen molar-refractivity contribution in [3.63, 3.8) is 0 Å². The van der Waals surface area contributed by atoms with E-state index in [1.807, 2.05) is 19.9 Å². The van der Waals surface area contributed by atoms with Crippen molar-refractivity contribution in [1.29, 1.82) is 0 Å². The quantitative estimate of drug-likeness (QED) is 0.660. The maximum absolute atomic E-state index is 11.0. The predicted octanol–water partition coefficient (Wildman–Crippen LogP) is 1.94. The summed E-state index contributed by atoms with van der Waals surface area (Å²) < 4.78 is 4.85. The Labute approximate surface area is 79.3 Å². The van der Waals surface area contributed by atoms with Gasteiger partial charge in [0.25, 0.3) is 0 Å². The molecule has 0 spiro atoms. The zero-order chi connectivity index (χ0) is 10.3. The topological polar surface area (TPSA) is 50.4 Å². The second-order valence-electron chi connectivity index (χ2n) is 2.87. The van der Waals surface area contributed by atoms with Gasteiger partial charge < -0.3 is 10.2 Å². The molecule has 4 nitrogen and oxygen atoms in total. The molecule has 0 aliphatic carbocycles. The number of carbonyl (C=O) groups is 1. The normalized spacial score (nSPS) is 11.3. The summed E-state index contributed by atoms with van der Waals surface area (Å²) in [6.07, 6.45) is 2.19. The van der Waals surface area contributed by atoms with E-state index in [-0.39, 0.29) is 6.10 Å². The Morgan fingerprint density at radius 3 is 2.46 bits per heavy atom. The molecule has 0 aliphatic heterocycles. The monoisotopic (exact) mass is 186 g/mol. The van der Waals surface area contributed by atoms with Crippen molar-refractivity contribution in [1.82, 2.24) is 10.9 Å². The van der Waals surface area contributed by atoms with E-state index in [0.717, 1.165) is 12.1 Å². The maximum atomic E-state index is 11.0. The van der Waals surface area contributed by atoms with Gasteiger partial charge in [-0.15, -0.1) is 0 Å². The number of hydrogen-bond donors (Lipinski definition) is 2. The van der Waals surface area contributed by atoms with Gasteiger partial charge >= 0.3 is 6.09 Å². The van der Waals surface area contributed by atoms with E-state index >= 15 is 0 Å². The first-order valence-electron chi connectivity index (χ1n) is 4.48. The summed E-state index contributed by atoms with van der Waals surface area (Å²) in [5.74, 6) is 0. The Hall–Kier alpha value is -1.19. The molecule has 0 aromatic carbocycles. The van der Waals surface area contributed by atoms with Crippen LogP contribution in [0.2, 0.25) is 0 Å². The number of hydrogen-bond acceptors (Lipinski definition) is 3. The lowest BCUT2D eigenvalue weighted by Gasteiger charge is -2.12. The first kappa shape index (κ1) is 11.8. The lowest BCUT2D eigenvalue weighted by Crippen LogP contribution is -2.38. The van der Waals surface area contributed by atoms with Crippen molar-refractivity contribution in [2.24, 2.45) is 0 Å². The second-order valence-corrected chi connectivity index (χ2v) is 2.87. The third kappa shape index (κ3) is 6.02. The number of ether oxygens (including phenoxy) is 1. The fourth-order valence-electron chi connectivity index (χ4n) is 0.740. The molecule has 0 saturated carbocycles. The molecule has 0 aromatic heterocycles. The van der Waals surface area contributed by atoms with Gasteiger partial charge in [0.2, 0.25) is 0 Å². The molecule has 0 radical (unpaired) electrons. The minimum absolute atomic E-state index is 0.0996. The highest BCUT2D eigenvalue weighted by Crippen LogP contribution is 1.93. The van der Waals surface area contributed by atoms with Gasteiger partial charge in [-0.3, -0.25) is 0 Å². The largest absolute Gasteiger partial charge is 0.446 e. The first-order chi connectivity index (χ1) is 6.10. The van der Waals surface area contributed by atoms with Gasteiger partial charge in [-0.25, -0.2) is 10.2 Å². The van der Waals surface area contributed by atoms with Gasteiger partial charge in [-0.2, -0.15) is 0 Å². The average Bonchev–Trinajstić information content (AvgIpc) is 2.05. The number of hydrazine groups is 1. The van der Waals surface area contributed by atoms with Crippen LogP contribution in [0.1, 0.15) is 34.1 Å². The molecule has 0 fully saturated rings. The number of amides is 1. The van der Waals surface area contributed by atoms with Crippen molar-refractivity contribution >= 4 is 6.09 Å². The lowest BCUT2D eigenvalue weighted by atomic mass is 10.3. The zero-order valence-corrected chi connectivity index (χ0v) is 8.68. The molecule has 0 aromatic rings. The van der Waals surface area contributed by atoms with Crippen molar-refractivity contribution in [2.45, 2.75) is 40.2 Å². The molecular formula is C9H18N2O2. The van der Waals surface area contributed by atoms with E-state index in [0.29, 0.717) is 0 Å². The Kier molecular flexibility index (Phi) is 5.76. The first-order valence-corrected chi connectivity index (χ1v) is 4.48. The fourth-order valence-corrected chi connectivity index (χ4v) is 0.740. The summed E-state index contributed by atoms with van der Waals surface area (Å²) in [6, 6.07) is 0. The van der Waals surface area contributed by atoms with Crippen LogP contribution in [0, 0.1) is 0 Å². The molecule has 2 N–H and O–H groups in total. The predicted molar refractivity (Wildman–Crippen MR) is 51.9 cm³/mol. The fraction of sp³-hybridized carbons (Fsp3) is 0.667. The highest BCUT2D eigenvalue weighted by molar-refractivity contribution is 5.66. The lowest BCUT2D eigenvalue weighted by molar-refractivity contribution is 0.112. The summed E-state index contributed by atoms with van der Waals surface area (Å²) >= 11 is 0. The van der Waals surface area contributed by atoms with E-state index in [1.54, 1.807) is 13.8 Å². The third-order valence-corrected chi connectivity index (χ3v) is 1.40. The van der Waals surface area contributed by atoms with Crippen molar-refractivity contribution < 1.29 is 9.53 Å². The third-order valence-electron chi connectivity index (χ3n) is 1.40. The number of rotatable bonds is 4. The molecule has 0 unspecified atom stereocenters. The Balaban J connectivity index is 3.69. The average molecular weight is 186 g/mol. The van der Waals surface area contributed by atoms with Crippen LogP contribution in [0.5, 0.6) is 0 Å². The molecule has 0 saturated heterocycles. The second kappa shape index (κ2) is 6.34. The molecule has 0 heterocycles. The number of nitrogens with one attached hydrogen (secondary N) is 2. The van der Waals surface area contributed by atoms with E-state index < -0.39 is 6.09 Å². The van der Waals surface area contributed by atoms with Gasteiger partial charge in [-0.1, -0.05) is 13.0 Å². The van der Waals surface area contributed by atoms with Crippen LogP contribution in [-0.4, -0.2) is 12.2 Å². The van der Waals surface area contributed by atoms with Crippen LogP contribution in [0.3, 0.4) is 0 Å². The van der Waals surface area contributed by atoms with E-state index in [9.17, 15) is 4.79 Å². The Morgan fingerprint density at radius 2 is 2.08 bits per heavy atom. The van der Waals surface area contributed by atoms with Crippen LogP contribution in [-0.2, 0) is 4.74 Å². The Bertz CT molecular complexity index is 188. The van der Waals surface area contributed by atoms with E-state index in [4.69, 9.17) is 4.74 Å². The summed E-state index contributed by atoms with van der Waals surface area (Å²) in [7, 11) is 0. The summed E-state index contributed by atoms with van der Waals surface area (Å²) in [4.78, 5) is 11.0. The summed E-state index contributed by atoms with van der Waals surface area (Å²) in [6.45, 7) is 7.50. The molecule has 1 amide bonds. The molecule has 13 heavy (non-hydrogen) atoms. The van der Waals surface area contributed by atoms with Crippen LogP contribution < -0.4 is 10.9 Å². The Morgan fingerprint density at radius 1 is 1.46 bits per heavy atom. The number of allylic oxidation sites excluding steroid dienone is 2. The van der Waals surface area contributed by atoms with Crippen LogP contribution >= 0.6 is 0 Å². The molecule has 0 rings (SSSR count). The maximum Gasteiger partial charge on any atom is 0.426 e. The number of carbonyl (C=O) groups excluding carboxylic acids is 1. The van der Waals surface area contributed by atoms with E-state index in [1.165, 1.54) is 0 Å². The molecule has 76 valence electrons. The van der Waals surface area contributed by atoms with Crippen molar-refractivity contribution in [2.75, 3.05) is 0 Å². The molecule has 0 aliphatic rings. The molecular weight excluding hydrogens is 168 g/mol. The standard InChI is InChI=1S/C9H18N2O2/c1-5-8(6-2)10-11-9(12)13-7(3)4/h5,7,10H,6H2,1-4H3,(H,11,12)/b8-5-. The van der Waals surface area contributed by atoms with Crippen LogP contribution in [0.4, 0.5) is 4.79 Å².